The van der Waals surface area contributed by atoms with Gasteiger partial charge in [0.2, 0.25) is 6.79 Å². The number of nitrogens with one attached hydrogen (secondary N) is 1. The van der Waals surface area contributed by atoms with Crippen LogP contribution < -0.4 is 14.4 Å². The molecule has 5 nitrogen and oxygen atoms in total. The number of aliphatic hydroxyl groups excluding tert-OH is 1. The van der Waals surface area contributed by atoms with Crippen LogP contribution in [-0.4, -0.2) is 44.2 Å². The molecule has 1 atom stereocenters. The lowest BCUT2D eigenvalue weighted by Gasteiger charge is -2.30. The van der Waals surface area contributed by atoms with Crippen molar-refractivity contribution in [3.63, 3.8) is 0 Å². The molecule has 2 aromatic carbocycles. The van der Waals surface area contributed by atoms with Gasteiger partial charge in [-0.3, -0.25) is 0 Å². The monoisotopic (exact) mass is 384 g/mol. The molecule has 4 rings (SSSR count). The highest BCUT2D eigenvalue weighted by Crippen LogP contribution is 2.32. The van der Waals surface area contributed by atoms with Gasteiger partial charge in [0.15, 0.2) is 11.5 Å². The van der Waals surface area contributed by atoms with Gasteiger partial charge in [-0.1, -0.05) is 36.4 Å². The average molecular weight is 384 g/mol. The molecule has 2 aliphatic heterocycles. The van der Waals surface area contributed by atoms with Crippen LogP contribution >= 0.6 is 0 Å². The van der Waals surface area contributed by atoms with Gasteiger partial charge in [0, 0.05) is 0 Å². The molecule has 2 heterocycles. The topological polar surface area (TPSA) is 52.4 Å². The van der Waals surface area contributed by atoms with Crippen molar-refractivity contribution in [1.29, 1.82) is 0 Å². The summed E-state index contributed by atoms with van der Waals surface area (Å²) in [5, 5.41) is 10.3. The molecule has 1 saturated heterocycles. The molecule has 1 fully saturated rings. The van der Waals surface area contributed by atoms with Crippen LogP contribution in [0, 0.1) is 5.92 Å². The van der Waals surface area contributed by atoms with E-state index in [2.05, 4.69) is 30.3 Å². The van der Waals surface area contributed by atoms with Gasteiger partial charge in [0.1, 0.15) is 12.6 Å². The molecule has 0 bridgehead atoms. The highest BCUT2D eigenvalue weighted by Gasteiger charge is 2.24. The maximum Gasteiger partial charge on any atom is 0.231 e. The fourth-order valence-corrected chi connectivity index (χ4v) is 4.18. The molecule has 5 heteroatoms. The Kier molecular flexibility index (Phi) is 6.47. The maximum absolute atomic E-state index is 10.3. The number of aliphatic hydroxyl groups is 1. The summed E-state index contributed by atoms with van der Waals surface area (Å²) in [4.78, 5) is 1.49. The summed E-state index contributed by atoms with van der Waals surface area (Å²) in [5.74, 6) is 2.32. The standard InChI is InChI=1S/C23H29NO4/c25-21(16-26-15-20-6-7-22-23(13-20)28-17-27-22)14-24-10-8-19(9-11-24)12-18-4-2-1-3-5-18/h1-7,13,19,21,25H,8-12,14-17H2/p+1/t21-/m1/s1. The molecular formula is C23H30NO4+. The van der Waals surface area contributed by atoms with E-state index in [1.165, 1.54) is 29.7 Å². The summed E-state index contributed by atoms with van der Waals surface area (Å²) in [6.45, 7) is 4.16. The molecule has 0 spiro atoms. The van der Waals surface area contributed by atoms with Crippen LogP contribution in [0.2, 0.25) is 0 Å². The average Bonchev–Trinajstić information content (AvgIpc) is 3.18. The molecule has 2 aromatic rings. The number of rotatable bonds is 8. The minimum Gasteiger partial charge on any atom is -0.454 e. The molecular weight excluding hydrogens is 354 g/mol. The summed E-state index contributed by atoms with van der Waals surface area (Å²) >= 11 is 0. The number of quaternary nitrogens is 1. The normalized spacial score (nSPS) is 22.2. The summed E-state index contributed by atoms with van der Waals surface area (Å²) < 4.78 is 16.4. The second-order valence-corrected chi connectivity index (χ2v) is 7.94. The Morgan fingerprint density at radius 1 is 1.00 bits per heavy atom. The van der Waals surface area contributed by atoms with Gasteiger partial charge in [0.25, 0.3) is 0 Å². The SMILES string of the molecule is O[C@@H](COCc1ccc2c(c1)OCO2)C[NH+]1CCC(Cc2ccccc2)CC1. The molecule has 0 unspecified atom stereocenters. The predicted octanol–water partition coefficient (Wildman–Crippen LogP) is 1.83. The Morgan fingerprint density at radius 3 is 2.61 bits per heavy atom. The zero-order valence-corrected chi connectivity index (χ0v) is 16.3. The fraction of sp³-hybridized carbons (Fsp3) is 0.478. The van der Waals surface area contributed by atoms with Gasteiger partial charge in [-0.15, -0.1) is 0 Å². The van der Waals surface area contributed by atoms with Gasteiger partial charge >= 0.3 is 0 Å². The van der Waals surface area contributed by atoms with E-state index >= 15 is 0 Å². The molecule has 2 N–H and O–H groups in total. The van der Waals surface area contributed by atoms with Crippen molar-refractivity contribution in [3.8, 4) is 11.5 Å². The third-order valence-corrected chi connectivity index (χ3v) is 5.72. The Labute approximate surface area is 166 Å². The minimum atomic E-state index is -0.422. The minimum absolute atomic E-state index is 0.281. The van der Waals surface area contributed by atoms with E-state index in [9.17, 15) is 5.11 Å². The smallest absolute Gasteiger partial charge is 0.231 e. The molecule has 0 saturated carbocycles. The third-order valence-electron chi connectivity index (χ3n) is 5.72. The van der Waals surface area contributed by atoms with E-state index in [1.54, 1.807) is 0 Å². The second kappa shape index (κ2) is 9.41. The van der Waals surface area contributed by atoms with Crippen LogP contribution in [0.15, 0.2) is 48.5 Å². The van der Waals surface area contributed by atoms with E-state index in [1.807, 2.05) is 18.2 Å². The first kappa shape index (κ1) is 19.2. The number of benzene rings is 2. The van der Waals surface area contributed by atoms with Crippen molar-refractivity contribution in [2.75, 3.05) is 33.0 Å². The van der Waals surface area contributed by atoms with Crippen LogP contribution in [-0.2, 0) is 17.8 Å². The molecule has 28 heavy (non-hydrogen) atoms. The largest absolute Gasteiger partial charge is 0.454 e. The number of likely N-dealkylation sites (tertiary alicyclic amines) is 1. The van der Waals surface area contributed by atoms with Crippen LogP contribution in [0.5, 0.6) is 11.5 Å². The second-order valence-electron chi connectivity index (χ2n) is 7.94. The molecule has 0 radical (unpaired) electrons. The zero-order chi connectivity index (χ0) is 19.2. The first-order chi connectivity index (χ1) is 13.8. The number of hydrogen-bond donors (Lipinski definition) is 2. The molecule has 150 valence electrons. The van der Waals surface area contributed by atoms with Crippen molar-refractivity contribution < 1.29 is 24.2 Å². The quantitative estimate of drug-likeness (QED) is 0.729. The van der Waals surface area contributed by atoms with Crippen LogP contribution in [0.4, 0.5) is 0 Å². The number of hydrogen-bond acceptors (Lipinski definition) is 4. The molecule has 0 aromatic heterocycles. The lowest BCUT2D eigenvalue weighted by atomic mass is 9.90. The van der Waals surface area contributed by atoms with E-state index in [0.717, 1.165) is 42.6 Å². The Balaban J connectivity index is 1.13. The van der Waals surface area contributed by atoms with Crippen LogP contribution in [0.25, 0.3) is 0 Å². The van der Waals surface area contributed by atoms with E-state index in [0.29, 0.717) is 13.2 Å². The predicted molar refractivity (Wildman–Crippen MR) is 107 cm³/mol. The summed E-state index contributed by atoms with van der Waals surface area (Å²) in [5.41, 5.74) is 2.47. The van der Waals surface area contributed by atoms with Crippen LogP contribution in [0.1, 0.15) is 24.0 Å². The van der Waals surface area contributed by atoms with Gasteiger partial charge in [0.05, 0.1) is 26.3 Å². The number of piperidine rings is 1. The van der Waals surface area contributed by atoms with Gasteiger partial charge in [-0.05, 0) is 48.4 Å². The van der Waals surface area contributed by atoms with Crippen molar-refractivity contribution in [1.82, 2.24) is 0 Å². The van der Waals surface area contributed by atoms with Gasteiger partial charge < -0.3 is 24.2 Å². The zero-order valence-electron chi connectivity index (χ0n) is 16.3. The Bertz CT molecular complexity index is 744. The lowest BCUT2D eigenvalue weighted by Crippen LogP contribution is -3.14. The Hall–Kier alpha value is -2.08. The van der Waals surface area contributed by atoms with Crippen molar-refractivity contribution in [3.05, 3.63) is 59.7 Å². The van der Waals surface area contributed by atoms with Gasteiger partial charge in [-0.25, -0.2) is 0 Å². The third kappa shape index (κ3) is 5.25. The van der Waals surface area contributed by atoms with Crippen molar-refractivity contribution in [2.45, 2.75) is 32.0 Å². The highest BCUT2D eigenvalue weighted by atomic mass is 16.7. The van der Waals surface area contributed by atoms with Crippen LogP contribution in [0.3, 0.4) is 0 Å². The number of ether oxygens (including phenoxy) is 3. The van der Waals surface area contributed by atoms with Crippen molar-refractivity contribution in [2.24, 2.45) is 5.92 Å². The number of fused-ring (bicyclic) bond motifs is 1. The maximum atomic E-state index is 10.3. The molecule has 0 amide bonds. The molecule has 2 aliphatic rings. The first-order valence-corrected chi connectivity index (χ1v) is 10.3. The van der Waals surface area contributed by atoms with Crippen molar-refractivity contribution >= 4 is 0 Å². The van der Waals surface area contributed by atoms with Gasteiger partial charge in [-0.2, -0.15) is 0 Å². The first-order valence-electron chi connectivity index (χ1n) is 10.3. The van der Waals surface area contributed by atoms with E-state index < -0.39 is 6.10 Å². The summed E-state index contributed by atoms with van der Waals surface area (Å²) in [6, 6.07) is 16.6. The Morgan fingerprint density at radius 2 is 1.79 bits per heavy atom. The summed E-state index contributed by atoms with van der Waals surface area (Å²) in [7, 11) is 0. The highest BCUT2D eigenvalue weighted by molar-refractivity contribution is 5.44. The summed E-state index contributed by atoms with van der Waals surface area (Å²) in [6.07, 6.45) is 3.22. The molecule has 0 aliphatic carbocycles. The van der Waals surface area contributed by atoms with E-state index in [4.69, 9.17) is 14.2 Å². The van der Waals surface area contributed by atoms with E-state index in [-0.39, 0.29) is 6.79 Å². The fourth-order valence-electron chi connectivity index (χ4n) is 4.18. The lowest BCUT2D eigenvalue weighted by molar-refractivity contribution is -0.909.